The van der Waals surface area contributed by atoms with Gasteiger partial charge in [-0.05, 0) is 25.8 Å². The molecule has 3 rings (SSSR count). The van der Waals surface area contributed by atoms with E-state index in [1.807, 2.05) is 0 Å². The second kappa shape index (κ2) is 9.51. The molecule has 166 valence electrons. The van der Waals surface area contributed by atoms with Crippen LogP contribution in [0.25, 0.3) is 10.9 Å². The van der Waals surface area contributed by atoms with Gasteiger partial charge in [-0.15, -0.1) is 0 Å². The molecular formula is C22H20F3N5O2. The lowest BCUT2D eigenvalue weighted by molar-refractivity contribution is 0.146. The summed E-state index contributed by atoms with van der Waals surface area (Å²) in [5.74, 6) is 5.05. The Bertz CT molecular complexity index is 1310. The van der Waals surface area contributed by atoms with Gasteiger partial charge >= 0.3 is 6.09 Å². The van der Waals surface area contributed by atoms with Gasteiger partial charge in [-0.25, -0.2) is 27.9 Å². The molecule has 0 bridgehead atoms. The molecule has 2 N–H and O–H groups in total. The highest BCUT2D eigenvalue weighted by atomic mass is 19.3. The number of pyridine rings is 1. The predicted octanol–water partition coefficient (Wildman–Crippen LogP) is 3.63. The fourth-order valence-electron chi connectivity index (χ4n) is 3.09. The average molecular weight is 443 g/mol. The topological polar surface area (TPSA) is 92.4 Å². The van der Waals surface area contributed by atoms with E-state index in [9.17, 15) is 18.0 Å². The van der Waals surface area contributed by atoms with E-state index in [1.54, 1.807) is 37.7 Å². The number of alkyl halides is 2. The Kier molecular flexibility index (Phi) is 6.78. The van der Waals surface area contributed by atoms with E-state index in [2.05, 4.69) is 32.1 Å². The van der Waals surface area contributed by atoms with Crippen molar-refractivity contribution in [3.05, 3.63) is 64.4 Å². The fraction of sp³-hybridized carbons (Fsp3) is 0.273. The molecule has 0 saturated heterocycles. The van der Waals surface area contributed by atoms with Crippen molar-refractivity contribution in [2.45, 2.75) is 26.3 Å². The molecule has 2 heterocycles. The Balaban J connectivity index is 2.11. The summed E-state index contributed by atoms with van der Waals surface area (Å²) in [6, 6.07) is 4.70. The van der Waals surface area contributed by atoms with Crippen LogP contribution in [0.15, 0.2) is 35.5 Å². The summed E-state index contributed by atoms with van der Waals surface area (Å²) in [5.41, 5.74) is 0.719. The van der Waals surface area contributed by atoms with Gasteiger partial charge in [0, 0.05) is 18.0 Å². The van der Waals surface area contributed by atoms with Crippen LogP contribution in [0.5, 0.6) is 0 Å². The van der Waals surface area contributed by atoms with Gasteiger partial charge in [0.1, 0.15) is 17.3 Å². The predicted molar refractivity (Wildman–Crippen MR) is 111 cm³/mol. The molecule has 32 heavy (non-hydrogen) atoms. The second-order valence-corrected chi connectivity index (χ2v) is 6.95. The number of aromatic nitrogens is 3. The first kappa shape index (κ1) is 22.8. The summed E-state index contributed by atoms with van der Waals surface area (Å²) in [6.45, 7) is 3.30. The third-order valence-corrected chi connectivity index (χ3v) is 4.84. The van der Waals surface area contributed by atoms with Crippen molar-refractivity contribution < 1.29 is 23.1 Å². The molecule has 1 amide bonds. The van der Waals surface area contributed by atoms with Gasteiger partial charge in [-0.3, -0.25) is 4.99 Å². The van der Waals surface area contributed by atoms with E-state index >= 15 is 0 Å². The largest absolute Gasteiger partial charge is 0.465 e. The number of benzene rings is 1. The summed E-state index contributed by atoms with van der Waals surface area (Å²) >= 11 is 0. The molecule has 1 aromatic carbocycles. The van der Waals surface area contributed by atoms with Crippen LogP contribution in [0.4, 0.5) is 18.0 Å². The number of carboxylic acid groups (broad SMARTS) is 1. The smallest absolute Gasteiger partial charge is 0.405 e. The minimum atomic E-state index is -2.93. The van der Waals surface area contributed by atoms with Crippen LogP contribution in [-0.2, 0) is 7.05 Å². The molecule has 0 aliphatic heterocycles. The highest BCUT2D eigenvalue weighted by Gasteiger charge is 2.19. The molecule has 0 fully saturated rings. The van der Waals surface area contributed by atoms with Gasteiger partial charge in [0.2, 0.25) is 0 Å². The van der Waals surface area contributed by atoms with Crippen molar-refractivity contribution in [2.75, 3.05) is 6.54 Å². The van der Waals surface area contributed by atoms with Crippen molar-refractivity contribution in [1.82, 2.24) is 19.9 Å². The summed E-state index contributed by atoms with van der Waals surface area (Å²) in [5, 5.41) is 11.3. The SMILES string of the molecule is Cc1n/c(=N\[C@H](C)c2cccc(C(F)F)c2F)c2cc(C#CCNC(=O)O)ncc2n1C. The number of nitrogens with zero attached hydrogens (tertiary/aromatic N) is 4. The number of fused-ring (bicyclic) bond motifs is 1. The van der Waals surface area contributed by atoms with Gasteiger partial charge in [0.15, 0.2) is 5.49 Å². The number of hydrogen-bond donors (Lipinski definition) is 2. The standard InChI is InChI=1S/C22H20F3N5O2/c1-12(15-7-4-8-16(19(15)23)20(24)25)28-21-17-10-14(6-5-9-26-22(31)32)27-11-18(17)30(3)13(2)29-21/h4,7-8,10-12,20,26H,9H2,1-3H3,(H,31,32)/b28-21-/t12-/m1/s1. The van der Waals surface area contributed by atoms with E-state index in [0.717, 1.165) is 6.07 Å². The van der Waals surface area contributed by atoms with Crippen LogP contribution >= 0.6 is 0 Å². The third-order valence-electron chi connectivity index (χ3n) is 4.84. The van der Waals surface area contributed by atoms with Crippen LogP contribution in [0.1, 0.15) is 42.0 Å². The molecule has 10 heteroatoms. The third kappa shape index (κ3) is 4.88. The first-order valence-corrected chi connectivity index (χ1v) is 9.58. The molecule has 3 aromatic rings. The quantitative estimate of drug-likeness (QED) is 0.603. The lowest BCUT2D eigenvalue weighted by atomic mass is 10.0. The second-order valence-electron chi connectivity index (χ2n) is 6.95. The van der Waals surface area contributed by atoms with Crippen molar-refractivity contribution >= 4 is 17.0 Å². The van der Waals surface area contributed by atoms with Gasteiger partial charge in [-0.2, -0.15) is 0 Å². The molecule has 0 radical (unpaired) electrons. The number of amides is 1. The van der Waals surface area contributed by atoms with Crippen molar-refractivity contribution in [2.24, 2.45) is 12.0 Å². The Morgan fingerprint density at radius 2 is 2.06 bits per heavy atom. The van der Waals surface area contributed by atoms with Crippen molar-refractivity contribution in [3.63, 3.8) is 0 Å². The van der Waals surface area contributed by atoms with E-state index < -0.39 is 29.9 Å². The van der Waals surface area contributed by atoms with Crippen LogP contribution in [0.3, 0.4) is 0 Å². The molecule has 0 saturated carbocycles. The molecule has 0 unspecified atom stereocenters. The van der Waals surface area contributed by atoms with E-state index in [-0.39, 0.29) is 12.1 Å². The maximum Gasteiger partial charge on any atom is 0.405 e. The lowest BCUT2D eigenvalue weighted by Gasteiger charge is -2.13. The summed E-state index contributed by atoms with van der Waals surface area (Å²) in [6.07, 6.45) is -2.53. The van der Waals surface area contributed by atoms with E-state index in [0.29, 0.717) is 27.9 Å². The normalized spacial score (nSPS) is 12.5. The Labute approximate surface area is 181 Å². The zero-order valence-corrected chi connectivity index (χ0v) is 17.5. The number of aryl methyl sites for hydroxylation is 2. The van der Waals surface area contributed by atoms with Crippen molar-refractivity contribution in [1.29, 1.82) is 0 Å². The van der Waals surface area contributed by atoms with Crippen LogP contribution in [-0.4, -0.2) is 32.3 Å². The average Bonchev–Trinajstić information content (AvgIpc) is 2.74. The highest BCUT2D eigenvalue weighted by Crippen LogP contribution is 2.28. The van der Waals surface area contributed by atoms with Gasteiger partial charge in [0.25, 0.3) is 6.43 Å². The summed E-state index contributed by atoms with van der Waals surface area (Å²) < 4.78 is 42.5. The number of rotatable bonds is 4. The number of carbonyl (C=O) groups is 1. The fourth-order valence-corrected chi connectivity index (χ4v) is 3.09. The van der Waals surface area contributed by atoms with Gasteiger partial charge in [-0.1, -0.05) is 24.1 Å². The Morgan fingerprint density at radius 3 is 2.75 bits per heavy atom. The van der Waals surface area contributed by atoms with Crippen LogP contribution in [0, 0.1) is 24.6 Å². The van der Waals surface area contributed by atoms with Gasteiger partial charge in [0.05, 0.1) is 29.9 Å². The summed E-state index contributed by atoms with van der Waals surface area (Å²) in [4.78, 5) is 23.8. The van der Waals surface area contributed by atoms with E-state index in [4.69, 9.17) is 5.11 Å². The molecule has 0 aliphatic carbocycles. The number of nitrogens with one attached hydrogen (secondary N) is 1. The summed E-state index contributed by atoms with van der Waals surface area (Å²) in [7, 11) is 1.80. The Morgan fingerprint density at radius 1 is 1.34 bits per heavy atom. The van der Waals surface area contributed by atoms with Gasteiger partial charge < -0.3 is 15.0 Å². The van der Waals surface area contributed by atoms with Crippen LogP contribution in [0.2, 0.25) is 0 Å². The molecule has 0 spiro atoms. The monoisotopic (exact) mass is 443 g/mol. The molecule has 7 nitrogen and oxygen atoms in total. The first-order valence-electron chi connectivity index (χ1n) is 9.58. The maximum absolute atomic E-state index is 14.6. The van der Waals surface area contributed by atoms with Crippen LogP contribution < -0.4 is 10.8 Å². The molecule has 0 aliphatic rings. The maximum atomic E-state index is 14.6. The first-order chi connectivity index (χ1) is 15.2. The lowest BCUT2D eigenvalue weighted by Crippen LogP contribution is -2.20. The van der Waals surface area contributed by atoms with Crippen molar-refractivity contribution in [3.8, 4) is 11.8 Å². The molecule has 2 aromatic heterocycles. The molecular weight excluding hydrogens is 423 g/mol. The number of hydrogen-bond acceptors (Lipinski definition) is 4. The number of halogens is 3. The minimum absolute atomic E-state index is 0.0393. The van der Waals surface area contributed by atoms with E-state index in [1.165, 1.54) is 12.1 Å². The highest BCUT2D eigenvalue weighted by molar-refractivity contribution is 5.78. The minimum Gasteiger partial charge on any atom is -0.465 e. The molecule has 1 atom stereocenters. The zero-order chi connectivity index (χ0) is 23.4. The zero-order valence-electron chi connectivity index (χ0n) is 17.5. The Hall–Kier alpha value is -3.87.